The lowest BCUT2D eigenvalue weighted by Gasteiger charge is -2.03. The normalized spacial score (nSPS) is 10.4. The molecule has 0 aliphatic heterocycles. The molecule has 0 saturated heterocycles. The van der Waals surface area contributed by atoms with Crippen LogP contribution < -0.4 is 0 Å². The fourth-order valence-corrected chi connectivity index (χ4v) is 2.55. The standard InChI is InChI=1S/C18H37.Al.3H/c1-3-5-7-9-11-13-15-17-18-16-14-12-10-8-6-4-2;;;;/h1,3-18H2,2H3;;;;. The largest absolute Gasteiger partial charge is 0.187 e. The molecule has 0 aromatic rings. The minimum Gasteiger partial charge on any atom is -0.0654 e. The van der Waals surface area contributed by atoms with Crippen LogP contribution in [0.3, 0.4) is 0 Å². The van der Waals surface area contributed by atoms with Crippen molar-refractivity contribution in [1.82, 2.24) is 0 Å². The second-order valence-electron chi connectivity index (χ2n) is 5.80. The molecule has 0 amide bonds. The predicted molar refractivity (Wildman–Crippen MR) is 94.8 cm³/mol. The highest BCUT2D eigenvalue weighted by molar-refractivity contribution is 5.75. The Morgan fingerprint density at radius 2 is 0.737 bits per heavy atom. The molecule has 0 unspecified atom stereocenters. The van der Waals surface area contributed by atoms with Crippen molar-refractivity contribution in [3.63, 3.8) is 0 Å². The Balaban J connectivity index is 0. The van der Waals surface area contributed by atoms with E-state index in [-0.39, 0.29) is 17.4 Å². The van der Waals surface area contributed by atoms with Gasteiger partial charge >= 0.3 is 0 Å². The molecule has 0 heterocycles. The van der Waals surface area contributed by atoms with Gasteiger partial charge in [-0.15, -0.1) is 0 Å². The summed E-state index contributed by atoms with van der Waals surface area (Å²) in [6, 6.07) is 0. The molecule has 19 heavy (non-hydrogen) atoms. The Kier molecular flexibility index (Phi) is 23.9. The molecular formula is C18H40Al. The number of unbranched alkanes of at least 4 members (excludes halogenated alkanes) is 15. The van der Waals surface area contributed by atoms with Gasteiger partial charge < -0.3 is 0 Å². The summed E-state index contributed by atoms with van der Waals surface area (Å²) in [7, 11) is 0. The van der Waals surface area contributed by atoms with E-state index in [1.165, 1.54) is 96.3 Å². The van der Waals surface area contributed by atoms with Crippen LogP contribution in [0.4, 0.5) is 0 Å². The quantitative estimate of drug-likeness (QED) is 0.259. The molecular weight excluding hydrogens is 243 g/mol. The van der Waals surface area contributed by atoms with Gasteiger partial charge in [0.05, 0.1) is 0 Å². The highest BCUT2D eigenvalue weighted by atomic mass is 27.0. The van der Waals surface area contributed by atoms with Crippen molar-refractivity contribution in [3.8, 4) is 0 Å². The first-order valence-corrected chi connectivity index (χ1v) is 8.71. The van der Waals surface area contributed by atoms with E-state index < -0.39 is 0 Å². The van der Waals surface area contributed by atoms with Crippen molar-refractivity contribution in [2.45, 2.75) is 110 Å². The Morgan fingerprint density at radius 1 is 0.474 bits per heavy atom. The zero-order valence-corrected chi connectivity index (χ0v) is 13.0. The van der Waals surface area contributed by atoms with Crippen LogP contribution >= 0.6 is 0 Å². The molecule has 0 rings (SSSR count). The molecule has 1 heteroatoms. The first kappa shape index (κ1) is 21.8. The Bertz CT molecular complexity index is 118. The van der Waals surface area contributed by atoms with E-state index in [4.69, 9.17) is 0 Å². The van der Waals surface area contributed by atoms with Crippen molar-refractivity contribution in [3.05, 3.63) is 6.92 Å². The lowest BCUT2D eigenvalue weighted by Crippen LogP contribution is -1.83. The third kappa shape index (κ3) is 21.0. The predicted octanol–water partition coefficient (Wildman–Crippen LogP) is 5.90. The van der Waals surface area contributed by atoms with Gasteiger partial charge in [0, 0.05) is 0 Å². The van der Waals surface area contributed by atoms with Crippen molar-refractivity contribution in [2.24, 2.45) is 0 Å². The SMILES string of the molecule is [AlH3].[CH2]CCCCCCCCCCCCCCCCC. The maximum Gasteiger partial charge on any atom is 0.187 e. The van der Waals surface area contributed by atoms with E-state index in [0.29, 0.717) is 0 Å². The highest BCUT2D eigenvalue weighted by Gasteiger charge is 1.93. The highest BCUT2D eigenvalue weighted by Crippen LogP contribution is 2.13. The van der Waals surface area contributed by atoms with Crippen molar-refractivity contribution >= 4 is 17.4 Å². The second-order valence-corrected chi connectivity index (χ2v) is 5.80. The maximum absolute atomic E-state index is 3.88. The summed E-state index contributed by atoms with van der Waals surface area (Å²) in [6.07, 6.45) is 22.8. The number of rotatable bonds is 15. The summed E-state index contributed by atoms with van der Waals surface area (Å²) in [5, 5.41) is 0. The molecule has 0 fully saturated rings. The van der Waals surface area contributed by atoms with Crippen LogP contribution in [0.1, 0.15) is 110 Å². The molecule has 115 valence electrons. The van der Waals surface area contributed by atoms with E-state index >= 15 is 0 Å². The van der Waals surface area contributed by atoms with Gasteiger partial charge in [-0.2, -0.15) is 0 Å². The molecule has 0 bridgehead atoms. The molecule has 0 aromatic carbocycles. The third-order valence-corrected chi connectivity index (χ3v) is 3.85. The van der Waals surface area contributed by atoms with Crippen LogP contribution in [0.25, 0.3) is 0 Å². The molecule has 0 aromatic heterocycles. The Hall–Kier alpha value is 0.532. The third-order valence-electron chi connectivity index (χ3n) is 3.85. The van der Waals surface area contributed by atoms with Gasteiger partial charge in [-0.05, 0) is 0 Å². The molecule has 0 N–H and O–H groups in total. The van der Waals surface area contributed by atoms with Crippen molar-refractivity contribution in [2.75, 3.05) is 0 Å². The van der Waals surface area contributed by atoms with Gasteiger partial charge in [0.2, 0.25) is 0 Å². The minimum absolute atomic E-state index is 0. The van der Waals surface area contributed by atoms with Crippen LogP contribution in [-0.2, 0) is 0 Å². The summed E-state index contributed by atoms with van der Waals surface area (Å²) in [6.45, 7) is 6.18. The molecule has 0 spiro atoms. The maximum atomic E-state index is 3.88. The zero-order valence-electron chi connectivity index (χ0n) is 13.0. The summed E-state index contributed by atoms with van der Waals surface area (Å²) in [5.74, 6) is 0. The van der Waals surface area contributed by atoms with E-state index in [0.717, 1.165) is 6.42 Å². The molecule has 0 saturated carbocycles. The van der Waals surface area contributed by atoms with Crippen molar-refractivity contribution in [1.29, 1.82) is 0 Å². The van der Waals surface area contributed by atoms with E-state index in [1.807, 2.05) is 0 Å². The summed E-state index contributed by atoms with van der Waals surface area (Å²) in [5.41, 5.74) is 0. The zero-order chi connectivity index (χ0) is 13.3. The molecule has 1 radical (unpaired) electrons. The first-order chi connectivity index (χ1) is 8.91. The summed E-state index contributed by atoms with van der Waals surface area (Å²) in [4.78, 5) is 0. The second kappa shape index (κ2) is 20.8. The average Bonchev–Trinajstić information content (AvgIpc) is 2.39. The summed E-state index contributed by atoms with van der Waals surface area (Å²) < 4.78 is 0. The van der Waals surface area contributed by atoms with Gasteiger partial charge in [-0.25, -0.2) is 0 Å². The fourth-order valence-electron chi connectivity index (χ4n) is 2.55. The first-order valence-electron chi connectivity index (χ1n) is 8.71. The van der Waals surface area contributed by atoms with Gasteiger partial charge in [0.15, 0.2) is 17.4 Å². The van der Waals surface area contributed by atoms with Crippen molar-refractivity contribution < 1.29 is 0 Å². The monoisotopic (exact) mass is 283 g/mol. The lowest BCUT2D eigenvalue weighted by molar-refractivity contribution is 0.533. The van der Waals surface area contributed by atoms with Crippen LogP contribution in [0, 0.1) is 6.92 Å². The topological polar surface area (TPSA) is 0 Å². The summed E-state index contributed by atoms with van der Waals surface area (Å²) >= 11 is 0. The van der Waals surface area contributed by atoms with E-state index in [9.17, 15) is 0 Å². The fraction of sp³-hybridized carbons (Fsp3) is 0.944. The van der Waals surface area contributed by atoms with E-state index in [2.05, 4.69) is 13.8 Å². The van der Waals surface area contributed by atoms with Crippen LogP contribution in [0.15, 0.2) is 0 Å². The number of hydrogen-bond acceptors (Lipinski definition) is 0. The van der Waals surface area contributed by atoms with E-state index in [1.54, 1.807) is 0 Å². The van der Waals surface area contributed by atoms with Gasteiger partial charge in [0.1, 0.15) is 0 Å². The Labute approximate surface area is 134 Å². The van der Waals surface area contributed by atoms with Gasteiger partial charge in [-0.1, -0.05) is 117 Å². The van der Waals surface area contributed by atoms with Crippen LogP contribution in [0.2, 0.25) is 0 Å². The molecule has 0 aliphatic rings. The minimum atomic E-state index is 0. The van der Waals surface area contributed by atoms with Crippen LogP contribution in [-0.4, -0.2) is 17.4 Å². The molecule has 0 nitrogen and oxygen atoms in total. The van der Waals surface area contributed by atoms with Gasteiger partial charge in [-0.3, -0.25) is 0 Å². The Morgan fingerprint density at radius 3 is 1.00 bits per heavy atom. The smallest absolute Gasteiger partial charge is 0.0654 e. The van der Waals surface area contributed by atoms with Crippen LogP contribution in [0.5, 0.6) is 0 Å². The molecule has 0 atom stereocenters. The number of hydrogen-bond donors (Lipinski definition) is 0. The van der Waals surface area contributed by atoms with Gasteiger partial charge in [0.25, 0.3) is 0 Å². The lowest BCUT2D eigenvalue weighted by atomic mass is 10.0. The molecule has 0 aliphatic carbocycles. The average molecular weight is 283 g/mol.